The molecule has 2 N–H and O–H groups in total. The third-order valence-corrected chi connectivity index (χ3v) is 4.14. The van der Waals surface area contributed by atoms with Crippen LogP contribution in [0.1, 0.15) is 23.5 Å². The van der Waals surface area contributed by atoms with Crippen LogP contribution in [0, 0.1) is 0 Å². The molecule has 0 aliphatic carbocycles. The molecular formula is C12H21N3OS. The minimum Gasteiger partial charge on any atom is -0.381 e. The van der Waals surface area contributed by atoms with Crippen molar-refractivity contribution < 1.29 is 4.74 Å². The fraction of sp³-hybridized carbons (Fsp3) is 0.750. The van der Waals surface area contributed by atoms with Gasteiger partial charge in [-0.1, -0.05) is 0 Å². The monoisotopic (exact) mass is 255 g/mol. The molecule has 0 radical (unpaired) electrons. The first-order chi connectivity index (χ1) is 8.29. The third kappa shape index (κ3) is 3.74. The zero-order valence-corrected chi connectivity index (χ0v) is 11.2. The van der Waals surface area contributed by atoms with E-state index in [9.17, 15) is 0 Å². The SMILES string of the molecule is CN(Cc1csc(CCN)n1)C1CCOCC1. The number of nitrogens with two attached hydrogens (primary N) is 1. The van der Waals surface area contributed by atoms with Crippen molar-refractivity contribution in [3.05, 3.63) is 16.1 Å². The average Bonchev–Trinajstić information content (AvgIpc) is 2.78. The van der Waals surface area contributed by atoms with Crippen LogP contribution in [0.5, 0.6) is 0 Å². The van der Waals surface area contributed by atoms with E-state index in [0.717, 1.165) is 44.0 Å². The first kappa shape index (κ1) is 13.0. The molecule has 1 aliphatic rings. The molecule has 1 aromatic heterocycles. The van der Waals surface area contributed by atoms with Crippen LogP contribution in [0.2, 0.25) is 0 Å². The maximum absolute atomic E-state index is 5.53. The first-order valence-corrected chi connectivity index (χ1v) is 7.09. The first-order valence-electron chi connectivity index (χ1n) is 6.21. The molecule has 4 nitrogen and oxygen atoms in total. The van der Waals surface area contributed by atoms with Gasteiger partial charge in [0.15, 0.2) is 0 Å². The zero-order chi connectivity index (χ0) is 12.1. The van der Waals surface area contributed by atoms with Gasteiger partial charge in [0.05, 0.1) is 10.7 Å². The van der Waals surface area contributed by atoms with Gasteiger partial charge in [0.1, 0.15) is 0 Å². The molecule has 5 heteroatoms. The van der Waals surface area contributed by atoms with E-state index in [1.54, 1.807) is 11.3 Å². The van der Waals surface area contributed by atoms with Gasteiger partial charge < -0.3 is 10.5 Å². The van der Waals surface area contributed by atoms with E-state index in [0.29, 0.717) is 12.6 Å². The molecule has 1 fully saturated rings. The van der Waals surface area contributed by atoms with Crippen molar-refractivity contribution >= 4 is 11.3 Å². The largest absolute Gasteiger partial charge is 0.381 e. The van der Waals surface area contributed by atoms with Crippen LogP contribution in [0.25, 0.3) is 0 Å². The van der Waals surface area contributed by atoms with E-state index in [1.807, 2.05) is 0 Å². The summed E-state index contributed by atoms with van der Waals surface area (Å²) >= 11 is 1.72. The lowest BCUT2D eigenvalue weighted by atomic mass is 10.1. The number of hydrogen-bond donors (Lipinski definition) is 1. The number of aromatic nitrogens is 1. The van der Waals surface area contributed by atoms with Crippen molar-refractivity contribution in [3.8, 4) is 0 Å². The van der Waals surface area contributed by atoms with Crippen LogP contribution in [-0.2, 0) is 17.7 Å². The molecule has 96 valence electrons. The summed E-state index contributed by atoms with van der Waals surface area (Å²) < 4.78 is 5.38. The van der Waals surface area contributed by atoms with Gasteiger partial charge in [-0.3, -0.25) is 4.90 Å². The van der Waals surface area contributed by atoms with Crippen LogP contribution in [-0.4, -0.2) is 42.7 Å². The predicted octanol–water partition coefficient (Wildman–Crippen LogP) is 1.26. The summed E-state index contributed by atoms with van der Waals surface area (Å²) in [7, 11) is 2.18. The van der Waals surface area contributed by atoms with Crippen LogP contribution in [0.15, 0.2) is 5.38 Å². The number of thiazole rings is 1. The maximum Gasteiger partial charge on any atom is 0.0941 e. The van der Waals surface area contributed by atoms with E-state index in [2.05, 4.69) is 22.3 Å². The predicted molar refractivity (Wildman–Crippen MR) is 70.2 cm³/mol. The van der Waals surface area contributed by atoms with Crippen LogP contribution in [0.4, 0.5) is 0 Å². The summed E-state index contributed by atoms with van der Waals surface area (Å²) in [5.41, 5.74) is 6.70. The molecule has 0 aromatic carbocycles. The summed E-state index contributed by atoms with van der Waals surface area (Å²) in [4.78, 5) is 6.99. The van der Waals surface area contributed by atoms with Gasteiger partial charge in [0.25, 0.3) is 0 Å². The van der Waals surface area contributed by atoms with Gasteiger partial charge in [0, 0.05) is 37.6 Å². The second kappa shape index (κ2) is 6.44. The second-order valence-electron chi connectivity index (χ2n) is 4.53. The van der Waals surface area contributed by atoms with Gasteiger partial charge in [-0.25, -0.2) is 4.98 Å². The molecule has 1 saturated heterocycles. The molecule has 0 bridgehead atoms. The van der Waals surface area contributed by atoms with Crippen molar-refractivity contribution in [1.82, 2.24) is 9.88 Å². The number of ether oxygens (including phenoxy) is 1. The summed E-state index contributed by atoms with van der Waals surface area (Å²) in [6, 6.07) is 0.642. The molecule has 1 aliphatic heterocycles. The second-order valence-corrected chi connectivity index (χ2v) is 5.47. The minimum atomic E-state index is 0.642. The Morgan fingerprint density at radius 3 is 3.00 bits per heavy atom. The van der Waals surface area contributed by atoms with Crippen molar-refractivity contribution in [3.63, 3.8) is 0 Å². The Labute approximate surface area is 107 Å². The number of nitrogens with zero attached hydrogens (tertiary/aromatic N) is 2. The number of hydrogen-bond acceptors (Lipinski definition) is 5. The maximum atomic E-state index is 5.53. The van der Waals surface area contributed by atoms with Crippen molar-refractivity contribution in [2.24, 2.45) is 5.73 Å². The van der Waals surface area contributed by atoms with Crippen LogP contribution >= 0.6 is 11.3 Å². The number of rotatable bonds is 5. The third-order valence-electron chi connectivity index (χ3n) is 3.18. The fourth-order valence-corrected chi connectivity index (χ4v) is 2.98. The van der Waals surface area contributed by atoms with E-state index >= 15 is 0 Å². The van der Waals surface area contributed by atoms with Crippen molar-refractivity contribution in [2.45, 2.75) is 31.8 Å². The van der Waals surface area contributed by atoms with Gasteiger partial charge in [0.2, 0.25) is 0 Å². The highest BCUT2D eigenvalue weighted by Crippen LogP contribution is 2.17. The lowest BCUT2D eigenvalue weighted by Gasteiger charge is -2.30. The summed E-state index contributed by atoms with van der Waals surface area (Å²) in [5, 5.41) is 3.31. The quantitative estimate of drug-likeness (QED) is 0.860. The van der Waals surface area contributed by atoms with Crippen LogP contribution in [0.3, 0.4) is 0 Å². The Morgan fingerprint density at radius 1 is 1.53 bits per heavy atom. The van der Waals surface area contributed by atoms with Gasteiger partial charge in [-0.15, -0.1) is 11.3 Å². The molecule has 2 heterocycles. The standard InChI is InChI=1S/C12H21N3OS/c1-15(11-3-6-16-7-4-11)8-10-9-17-12(14-10)2-5-13/h9,11H,2-8,13H2,1H3. The lowest BCUT2D eigenvalue weighted by molar-refractivity contribution is 0.0404. The highest BCUT2D eigenvalue weighted by molar-refractivity contribution is 7.09. The van der Waals surface area contributed by atoms with Crippen LogP contribution < -0.4 is 5.73 Å². The Kier molecular flexibility index (Phi) is 4.91. The van der Waals surface area contributed by atoms with Gasteiger partial charge in [-0.05, 0) is 26.4 Å². The Morgan fingerprint density at radius 2 is 2.29 bits per heavy atom. The summed E-state index contributed by atoms with van der Waals surface area (Å²) in [6.07, 6.45) is 3.16. The van der Waals surface area contributed by atoms with E-state index < -0.39 is 0 Å². The highest BCUT2D eigenvalue weighted by atomic mass is 32.1. The Bertz CT molecular complexity index is 336. The Balaban J connectivity index is 1.85. The molecule has 2 rings (SSSR count). The molecule has 0 atom stereocenters. The average molecular weight is 255 g/mol. The zero-order valence-electron chi connectivity index (χ0n) is 10.4. The molecule has 17 heavy (non-hydrogen) atoms. The normalized spacial score (nSPS) is 17.8. The fourth-order valence-electron chi connectivity index (χ4n) is 2.17. The topological polar surface area (TPSA) is 51.4 Å². The molecule has 0 unspecified atom stereocenters. The van der Waals surface area contributed by atoms with E-state index in [1.165, 1.54) is 5.69 Å². The molecule has 0 amide bonds. The summed E-state index contributed by atoms with van der Waals surface area (Å²) in [5.74, 6) is 0. The van der Waals surface area contributed by atoms with Crippen molar-refractivity contribution in [2.75, 3.05) is 26.8 Å². The minimum absolute atomic E-state index is 0.642. The van der Waals surface area contributed by atoms with Gasteiger partial charge >= 0.3 is 0 Å². The molecule has 1 aromatic rings. The molecule has 0 spiro atoms. The molecular weight excluding hydrogens is 234 g/mol. The molecule has 0 saturated carbocycles. The smallest absolute Gasteiger partial charge is 0.0941 e. The van der Waals surface area contributed by atoms with Gasteiger partial charge in [-0.2, -0.15) is 0 Å². The Hall–Kier alpha value is -0.490. The van der Waals surface area contributed by atoms with E-state index in [-0.39, 0.29) is 0 Å². The van der Waals surface area contributed by atoms with Crippen molar-refractivity contribution in [1.29, 1.82) is 0 Å². The van der Waals surface area contributed by atoms with E-state index in [4.69, 9.17) is 10.5 Å². The highest BCUT2D eigenvalue weighted by Gasteiger charge is 2.19. The summed E-state index contributed by atoms with van der Waals surface area (Å²) in [6.45, 7) is 3.41. The lowest BCUT2D eigenvalue weighted by Crippen LogP contribution is -2.36.